The van der Waals surface area contributed by atoms with E-state index in [0.29, 0.717) is 0 Å². The lowest BCUT2D eigenvalue weighted by Gasteiger charge is -2.07. The van der Waals surface area contributed by atoms with Gasteiger partial charge in [-0.15, -0.1) is 0 Å². The maximum Gasteiger partial charge on any atom is 0.336 e. The summed E-state index contributed by atoms with van der Waals surface area (Å²) in [5.74, 6) is -2.53. The van der Waals surface area contributed by atoms with E-state index in [2.05, 4.69) is 17.4 Å². The van der Waals surface area contributed by atoms with Crippen LogP contribution < -0.4 is 5.32 Å². The Morgan fingerprint density at radius 2 is 1.91 bits per heavy atom. The third kappa shape index (κ3) is 4.92. The number of nitrogens with one attached hydrogen (secondary N) is 1. The molecule has 0 unspecified atom stereocenters. The van der Waals surface area contributed by atoms with Gasteiger partial charge in [-0.05, 0) is 37.5 Å². The predicted octanol–water partition coefficient (Wildman–Crippen LogP) is 3.01. The van der Waals surface area contributed by atoms with Gasteiger partial charge < -0.3 is 10.4 Å². The van der Waals surface area contributed by atoms with E-state index >= 15 is 0 Å². The summed E-state index contributed by atoms with van der Waals surface area (Å²) in [6, 6.07) is 16.0. The molecule has 2 aromatic carbocycles. The molecular formula is C18H16FNO3. The van der Waals surface area contributed by atoms with Crippen LogP contribution in [0.2, 0.25) is 0 Å². The number of hydrogen-bond donors (Lipinski definition) is 2. The molecule has 3 rings (SSSR count). The van der Waals surface area contributed by atoms with E-state index in [1.165, 1.54) is 6.92 Å². The van der Waals surface area contributed by atoms with Crippen LogP contribution in [-0.2, 0) is 0 Å². The Morgan fingerprint density at radius 1 is 1.26 bits per heavy atom. The molecule has 0 aliphatic heterocycles. The minimum Gasteiger partial charge on any atom is -0.478 e. The third-order valence-corrected chi connectivity index (χ3v) is 3.26. The summed E-state index contributed by atoms with van der Waals surface area (Å²) in [6.45, 7) is 1.35. The zero-order valence-electron chi connectivity index (χ0n) is 12.6. The minimum absolute atomic E-state index is 0.0135. The van der Waals surface area contributed by atoms with Crippen LogP contribution in [0.1, 0.15) is 39.1 Å². The van der Waals surface area contributed by atoms with Gasteiger partial charge >= 0.3 is 5.97 Å². The summed E-state index contributed by atoms with van der Waals surface area (Å²) in [6.07, 6.45) is 1.82. The molecule has 118 valence electrons. The monoisotopic (exact) mass is 313 g/mol. The summed E-state index contributed by atoms with van der Waals surface area (Å²) < 4.78 is 13.4. The Kier molecular flexibility index (Phi) is 5.46. The van der Waals surface area contributed by atoms with Gasteiger partial charge in [-0.3, -0.25) is 4.79 Å². The van der Waals surface area contributed by atoms with Crippen LogP contribution >= 0.6 is 0 Å². The van der Waals surface area contributed by atoms with Crippen molar-refractivity contribution >= 4 is 11.9 Å². The van der Waals surface area contributed by atoms with Crippen LogP contribution in [-0.4, -0.2) is 23.0 Å². The Bertz CT molecular complexity index is 670. The zero-order chi connectivity index (χ0) is 16.8. The van der Waals surface area contributed by atoms with E-state index in [4.69, 9.17) is 5.11 Å². The van der Waals surface area contributed by atoms with Crippen LogP contribution in [0.5, 0.6) is 0 Å². The van der Waals surface area contributed by atoms with E-state index in [9.17, 15) is 14.0 Å². The maximum atomic E-state index is 13.4. The van der Waals surface area contributed by atoms with Crippen LogP contribution in [0.25, 0.3) is 0 Å². The Hall–Kier alpha value is -2.69. The molecular weight excluding hydrogens is 297 g/mol. The van der Waals surface area contributed by atoms with Gasteiger partial charge in [-0.2, -0.15) is 0 Å². The number of carbonyl (C=O) groups is 2. The van der Waals surface area contributed by atoms with Crippen LogP contribution in [0.3, 0.4) is 0 Å². The number of halogens is 1. The van der Waals surface area contributed by atoms with Gasteiger partial charge in [0, 0.05) is 12.1 Å². The first-order valence-corrected chi connectivity index (χ1v) is 7.16. The fourth-order valence-corrected chi connectivity index (χ4v) is 1.80. The van der Waals surface area contributed by atoms with Crippen molar-refractivity contribution in [3.8, 4) is 0 Å². The number of benzene rings is 2. The van der Waals surface area contributed by atoms with Crippen molar-refractivity contribution in [1.29, 1.82) is 0 Å². The first-order chi connectivity index (χ1) is 11.0. The molecule has 2 aromatic rings. The normalized spacial score (nSPS) is 12.8. The second-order valence-corrected chi connectivity index (χ2v) is 5.17. The van der Waals surface area contributed by atoms with Crippen molar-refractivity contribution < 1.29 is 19.1 Å². The zero-order valence-corrected chi connectivity index (χ0v) is 12.6. The number of carboxylic acid groups (broad SMARTS) is 1. The lowest BCUT2D eigenvalue weighted by molar-refractivity contribution is 0.0695. The van der Waals surface area contributed by atoms with Crippen molar-refractivity contribution in [2.75, 3.05) is 0 Å². The molecule has 0 saturated heterocycles. The molecule has 1 aliphatic carbocycles. The molecule has 1 saturated carbocycles. The Labute approximate surface area is 134 Å². The fourth-order valence-electron chi connectivity index (χ4n) is 1.80. The first-order valence-electron chi connectivity index (χ1n) is 7.16. The van der Waals surface area contributed by atoms with Gasteiger partial charge in [-0.25, -0.2) is 9.18 Å². The average molecular weight is 313 g/mol. The molecule has 0 heterocycles. The van der Waals surface area contributed by atoms with Crippen molar-refractivity contribution in [2.24, 2.45) is 0 Å². The Balaban J connectivity index is 0.000000268. The van der Waals surface area contributed by atoms with Crippen molar-refractivity contribution in [2.45, 2.75) is 25.8 Å². The van der Waals surface area contributed by atoms with Crippen LogP contribution in [0, 0.1) is 24.9 Å². The highest BCUT2D eigenvalue weighted by Gasteiger charge is 2.25. The molecule has 1 fully saturated rings. The van der Waals surface area contributed by atoms with Gasteiger partial charge in [0.2, 0.25) is 0 Å². The highest BCUT2D eigenvalue weighted by Crippen LogP contribution is 2.20. The predicted molar refractivity (Wildman–Crippen MR) is 82.7 cm³/mol. The molecule has 1 amide bonds. The number of carboxylic acids is 1. The molecule has 2 N–H and O–H groups in total. The number of hydrogen-bond acceptors (Lipinski definition) is 2. The lowest BCUT2D eigenvalue weighted by atomic mass is 10.0. The Morgan fingerprint density at radius 3 is 2.35 bits per heavy atom. The highest BCUT2D eigenvalue weighted by atomic mass is 19.1. The number of aromatic carboxylic acids is 1. The second kappa shape index (κ2) is 7.54. The van der Waals surface area contributed by atoms with Crippen molar-refractivity contribution in [3.63, 3.8) is 0 Å². The quantitative estimate of drug-likeness (QED) is 0.915. The lowest BCUT2D eigenvalue weighted by Crippen LogP contribution is -2.26. The standard InChI is InChI=1S/C12H11FNO3.C6H5/c1-6-9(12(16)17)4-7(5-10(6)13)11(15)14-8-2-3-8;1-2-4-6-5-3-1/h4,8H,2-3H2,1H3,(H,14,15)(H,16,17);1-5H. The van der Waals surface area contributed by atoms with E-state index < -0.39 is 17.7 Å². The van der Waals surface area contributed by atoms with Gasteiger partial charge in [0.05, 0.1) is 11.1 Å². The van der Waals surface area contributed by atoms with Gasteiger partial charge in [-0.1, -0.05) is 30.3 Å². The summed E-state index contributed by atoms with van der Waals surface area (Å²) >= 11 is 0. The molecule has 0 atom stereocenters. The summed E-state index contributed by atoms with van der Waals surface area (Å²) in [5, 5.41) is 11.5. The molecule has 4 nitrogen and oxygen atoms in total. The molecule has 1 aliphatic rings. The largest absolute Gasteiger partial charge is 0.478 e. The summed E-state index contributed by atoms with van der Waals surface area (Å²) in [5.41, 5.74) is -0.292. The molecule has 2 radical (unpaired) electrons. The maximum absolute atomic E-state index is 13.4. The first kappa shape index (κ1) is 16.7. The van der Waals surface area contributed by atoms with E-state index in [1.807, 2.05) is 30.3 Å². The van der Waals surface area contributed by atoms with Gasteiger partial charge in [0.1, 0.15) is 5.82 Å². The number of carbonyl (C=O) groups excluding carboxylic acids is 1. The fraction of sp³-hybridized carbons (Fsp3) is 0.222. The summed E-state index contributed by atoms with van der Waals surface area (Å²) in [7, 11) is 0. The molecule has 0 aromatic heterocycles. The van der Waals surface area contributed by atoms with E-state index in [0.717, 1.165) is 18.9 Å². The second-order valence-electron chi connectivity index (χ2n) is 5.17. The molecule has 0 bridgehead atoms. The van der Waals surface area contributed by atoms with Crippen molar-refractivity contribution in [1.82, 2.24) is 5.32 Å². The van der Waals surface area contributed by atoms with Crippen molar-refractivity contribution in [3.05, 3.63) is 71.0 Å². The van der Waals surface area contributed by atoms with E-state index in [-0.39, 0.29) is 22.7 Å². The number of amides is 1. The highest BCUT2D eigenvalue weighted by molar-refractivity contribution is 5.98. The molecule has 5 heteroatoms. The minimum atomic E-state index is -1.25. The topological polar surface area (TPSA) is 66.4 Å². The van der Waals surface area contributed by atoms with Gasteiger partial charge in [0.25, 0.3) is 5.91 Å². The SMILES string of the molecule is Cc1c(F)[c]c(C(=O)NC2CC2)cc1C(=O)O.[c]1ccccc1. The molecule has 0 spiro atoms. The van der Waals surface area contributed by atoms with Crippen LogP contribution in [0.15, 0.2) is 36.4 Å². The third-order valence-electron chi connectivity index (χ3n) is 3.26. The summed E-state index contributed by atoms with van der Waals surface area (Å²) in [4.78, 5) is 22.5. The molecule has 23 heavy (non-hydrogen) atoms. The van der Waals surface area contributed by atoms with Gasteiger partial charge in [0.15, 0.2) is 0 Å². The average Bonchev–Trinajstić information content (AvgIpc) is 3.35. The number of rotatable bonds is 3. The van der Waals surface area contributed by atoms with E-state index in [1.54, 1.807) is 0 Å². The smallest absolute Gasteiger partial charge is 0.336 e. The van der Waals surface area contributed by atoms with Crippen LogP contribution in [0.4, 0.5) is 4.39 Å².